The monoisotopic (exact) mass is 380 g/mol. The van der Waals surface area contributed by atoms with Crippen LogP contribution in [0.1, 0.15) is 33.6 Å². The fraction of sp³-hybridized carbons (Fsp3) is 0.500. The summed E-state index contributed by atoms with van der Waals surface area (Å²) in [5.41, 5.74) is -1.84. The fourth-order valence-corrected chi connectivity index (χ4v) is 2.68. The van der Waals surface area contributed by atoms with E-state index in [0.29, 0.717) is 19.4 Å². The van der Waals surface area contributed by atoms with E-state index in [1.54, 1.807) is 20.8 Å². The Balaban J connectivity index is 2.19. The summed E-state index contributed by atoms with van der Waals surface area (Å²) in [6, 6.07) is 2.03. The number of amides is 2. The fourth-order valence-electron chi connectivity index (χ4n) is 2.68. The van der Waals surface area contributed by atoms with E-state index in [4.69, 9.17) is 4.74 Å². The zero-order valence-electron chi connectivity index (χ0n) is 15.1. The minimum Gasteiger partial charge on any atom is -0.444 e. The van der Waals surface area contributed by atoms with Gasteiger partial charge in [-0.2, -0.15) is 0 Å². The van der Waals surface area contributed by atoms with Crippen LogP contribution in [0.2, 0.25) is 0 Å². The van der Waals surface area contributed by atoms with Crippen LogP contribution in [0, 0.1) is 20.2 Å². The molecule has 1 atom stereocenters. The smallest absolute Gasteiger partial charge is 0.410 e. The summed E-state index contributed by atoms with van der Waals surface area (Å²) in [5, 5.41) is 24.3. The number of hydrogen-bond acceptors (Lipinski definition) is 7. The maximum absolute atomic E-state index is 12.6. The lowest BCUT2D eigenvalue weighted by atomic mass is 10.2. The summed E-state index contributed by atoms with van der Waals surface area (Å²) in [6.07, 6.45) is 0.347. The van der Waals surface area contributed by atoms with Gasteiger partial charge >= 0.3 is 6.09 Å². The molecule has 11 heteroatoms. The molecule has 2 rings (SSSR count). The molecule has 1 aromatic rings. The second-order valence-electron chi connectivity index (χ2n) is 7.07. The molecule has 0 unspecified atom stereocenters. The SMILES string of the molecule is CC(C)(C)OC(=O)N1CCC[C@H]1C(=O)Nc1cc([N+](=O)[O-])cc([N+](=O)[O-])c1. The Hall–Kier alpha value is -3.24. The molecule has 1 aliphatic heterocycles. The molecule has 2 amide bonds. The number of ether oxygens (including phenoxy) is 1. The van der Waals surface area contributed by atoms with Crippen LogP contribution in [-0.2, 0) is 9.53 Å². The molecule has 1 aliphatic rings. The first kappa shape index (κ1) is 20.1. The van der Waals surface area contributed by atoms with Gasteiger partial charge in [-0.25, -0.2) is 4.79 Å². The Morgan fingerprint density at radius 2 is 1.70 bits per heavy atom. The lowest BCUT2D eigenvalue weighted by Crippen LogP contribution is -2.45. The molecule has 1 aromatic carbocycles. The summed E-state index contributed by atoms with van der Waals surface area (Å²) < 4.78 is 5.28. The first-order valence-electron chi connectivity index (χ1n) is 8.22. The molecule has 0 radical (unpaired) electrons. The van der Waals surface area contributed by atoms with Gasteiger partial charge in [-0.1, -0.05) is 0 Å². The van der Waals surface area contributed by atoms with Crippen molar-refractivity contribution in [3.8, 4) is 0 Å². The first-order valence-corrected chi connectivity index (χ1v) is 8.22. The predicted molar refractivity (Wildman–Crippen MR) is 94.3 cm³/mol. The van der Waals surface area contributed by atoms with Crippen LogP contribution in [-0.4, -0.2) is 44.9 Å². The second-order valence-corrected chi connectivity index (χ2v) is 7.07. The normalized spacial score (nSPS) is 16.7. The maximum atomic E-state index is 12.6. The molecule has 0 saturated carbocycles. The van der Waals surface area contributed by atoms with E-state index in [1.807, 2.05) is 0 Å². The van der Waals surface area contributed by atoms with Crippen LogP contribution in [0.5, 0.6) is 0 Å². The van der Waals surface area contributed by atoms with Gasteiger partial charge in [-0.05, 0) is 33.6 Å². The van der Waals surface area contributed by atoms with Crippen molar-refractivity contribution in [2.75, 3.05) is 11.9 Å². The maximum Gasteiger partial charge on any atom is 0.410 e. The number of nitrogens with zero attached hydrogens (tertiary/aromatic N) is 3. The Bertz CT molecular complexity index is 755. The van der Waals surface area contributed by atoms with Crippen molar-refractivity contribution in [3.05, 3.63) is 38.4 Å². The molecule has 1 N–H and O–H groups in total. The first-order chi connectivity index (χ1) is 12.5. The van der Waals surface area contributed by atoms with Crippen LogP contribution in [0.25, 0.3) is 0 Å². The third-order valence-corrected chi connectivity index (χ3v) is 3.78. The van der Waals surface area contributed by atoms with Crippen LogP contribution in [0.15, 0.2) is 18.2 Å². The van der Waals surface area contributed by atoms with Gasteiger partial charge in [0.15, 0.2) is 0 Å². The van der Waals surface area contributed by atoms with Crippen molar-refractivity contribution in [2.24, 2.45) is 0 Å². The predicted octanol–water partition coefficient (Wildman–Crippen LogP) is 2.84. The van der Waals surface area contributed by atoms with E-state index in [-0.39, 0.29) is 5.69 Å². The topological polar surface area (TPSA) is 145 Å². The summed E-state index contributed by atoms with van der Waals surface area (Å²) in [4.78, 5) is 46.4. The average Bonchev–Trinajstić information content (AvgIpc) is 3.02. The molecule has 0 spiro atoms. The minimum absolute atomic E-state index is 0.0862. The van der Waals surface area contributed by atoms with E-state index in [0.717, 1.165) is 18.2 Å². The zero-order valence-corrected chi connectivity index (χ0v) is 15.1. The van der Waals surface area contributed by atoms with Gasteiger partial charge in [0.2, 0.25) is 5.91 Å². The molecule has 11 nitrogen and oxygen atoms in total. The lowest BCUT2D eigenvalue weighted by molar-refractivity contribution is -0.394. The van der Waals surface area contributed by atoms with Crippen molar-refractivity contribution < 1.29 is 24.2 Å². The highest BCUT2D eigenvalue weighted by Gasteiger charge is 2.36. The van der Waals surface area contributed by atoms with E-state index in [2.05, 4.69) is 5.32 Å². The Kier molecular flexibility index (Phi) is 5.62. The molecule has 0 bridgehead atoms. The molecule has 0 aromatic heterocycles. The molecular weight excluding hydrogens is 360 g/mol. The second kappa shape index (κ2) is 7.56. The number of non-ortho nitro benzene ring substituents is 2. The number of nitrogens with one attached hydrogen (secondary N) is 1. The van der Waals surface area contributed by atoms with Crippen molar-refractivity contribution >= 4 is 29.1 Å². The number of likely N-dealkylation sites (tertiary alicyclic amines) is 1. The molecule has 1 saturated heterocycles. The highest BCUT2D eigenvalue weighted by atomic mass is 16.6. The molecule has 146 valence electrons. The van der Waals surface area contributed by atoms with Crippen LogP contribution >= 0.6 is 0 Å². The number of carbonyl (C=O) groups is 2. The highest BCUT2D eigenvalue weighted by Crippen LogP contribution is 2.27. The standard InChI is InChI=1S/C16H20N4O7/c1-16(2,3)27-15(22)18-6-4-5-13(18)14(21)17-10-7-11(19(23)24)9-12(8-10)20(25)26/h7-9,13H,4-6H2,1-3H3,(H,17,21)/t13-/m0/s1. The Morgan fingerprint density at radius 1 is 1.15 bits per heavy atom. The summed E-state index contributed by atoms with van der Waals surface area (Å²) >= 11 is 0. The van der Waals surface area contributed by atoms with Crippen molar-refractivity contribution in [3.63, 3.8) is 0 Å². The summed E-state index contributed by atoms with van der Waals surface area (Å²) in [6.45, 7) is 5.46. The molecular formula is C16H20N4O7. The van der Waals surface area contributed by atoms with Crippen molar-refractivity contribution in [2.45, 2.75) is 45.3 Å². The van der Waals surface area contributed by atoms with Gasteiger partial charge in [0.25, 0.3) is 11.4 Å². The molecule has 0 aliphatic carbocycles. The highest BCUT2D eigenvalue weighted by molar-refractivity contribution is 5.97. The molecule has 1 fully saturated rings. The summed E-state index contributed by atoms with van der Waals surface area (Å²) in [5.74, 6) is -0.590. The van der Waals surface area contributed by atoms with Crippen LogP contribution in [0.3, 0.4) is 0 Å². The Labute approximate surface area is 154 Å². The Morgan fingerprint density at radius 3 is 2.19 bits per heavy atom. The van der Waals surface area contributed by atoms with Crippen molar-refractivity contribution in [1.82, 2.24) is 4.90 Å². The van der Waals surface area contributed by atoms with Crippen molar-refractivity contribution in [1.29, 1.82) is 0 Å². The molecule has 1 heterocycles. The van der Waals surface area contributed by atoms with Crippen LogP contribution in [0.4, 0.5) is 21.9 Å². The number of hydrogen-bond donors (Lipinski definition) is 1. The van der Waals surface area contributed by atoms with Gasteiger partial charge < -0.3 is 10.1 Å². The van der Waals surface area contributed by atoms with E-state index in [1.165, 1.54) is 4.90 Å². The third kappa shape index (κ3) is 5.12. The number of benzene rings is 1. The number of nitro benzene ring substituents is 2. The number of rotatable bonds is 4. The van der Waals surface area contributed by atoms with E-state index >= 15 is 0 Å². The largest absolute Gasteiger partial charge is 0.444 e. The molecule has 27 heavy (non-hydrogen) atoms. The average molecular weight is 380 g/mol. The van der Waals surface area contributed by atoms with Gasteiger partial charge in [0.1, 0.15) is 11.6 Å². The van der Waals surface area contributed by atoms with Gasteiger partial charge in [0.05, 0.1) is 21.6 Å². The number of carbonyl (C=O) groups excluding carboxylic acids is 2. The number of nitro groups is 2. The van der Waals surface area contributed by atoms with E-state index < -0.39 is 44.9 Å². The lowest BCUT2D eigenvalue weighted by Gasteiger charge is -2.28. The van der Waals surface area contributed by atoms with Gasteiger partial charge in [0, 0.05) is 18.7 Å². The zero-order chi connectivity index (χ0) is 20.4. The third-order valence-electron chi connectivity index (χ3n) is 3.78. The van der Waals surface area contributed by atoms with Crippen LogP contribution < -0.4 is 5.32 Å². The summed E-state index contributed by atoms with van der Waals surface area (Å²) in [7, 11) is 0. The van der Waals surface area contributed by atoms with Gasteiger partial charge in [-0.15, -0.1) is 0 Å². The quantitative estimate of drug-likeness (QED) is 0.624. The van der Waals surface area contributed by atoms with Gasteiger partial charge in [-0.3, -0.25) is 29.9 Å². The minimum atomic E-state index is -0.821. The number of anilines is 1. The van der Waals surface area contributed by atoms with E-state index in [9.17, 15) is 29.8 Å².